The molecule has 0 saturated carbocycles. The van der Waals surface area contributed by atoms with Gasteiger partial charge >= 0.3 is 0 Å². The molecule has 147 valence electrons. The highest BCUT2D eigenvalue weighted by atomic mass is 16.5. The Morgan fingerprint density at radius 3 is 2.07 bits per heavy atom. The van der Waals surface area contributed by atoms with Crippen LogP contribution in [0.2, 0.25) is 0 Å². The molecule has 1 aliphatic heterocycles. The number of nitrogens with one attached hydrogen (secondary N) is 1. The molecule has 0 fully saturated rings. The van der Waals surface area contributed by atoms with Crippen LogP contribution < -0.4 is 10.2 Å². The van der Waals surface area contributed by atoms with E-state index in [1.807, 2.05) is 72.3 Å². The lowest BCUT2D eigenvalue weighted by molar-refractivity contribution is -0.238. The molecule has 1 aromatic heterocycles. The van der Waals surface area contributed by atoms with Gasteiger partial charge in [0.1, 0.15) is 5.82 Å². The number of aromatic nitrogens is 1. The van der Waals surface area contributed by atoms with Crippen LogP contribution in [0.3, 0.4) is 0 Å². The van der Waals surface area contributed by atoms with Gasteiger partial charge in [0.2, 0.25) is 0 Å². The van der Waals surface area contributed by atoms with Crippen molar-refractivity contribution in [2.24, 2.45) is 0 Å². The molecule has 1 aromatic carbocycles. The molecule has 3 rings (SSSR count). The number of anilines is 2. The van der Waals surface area contributed by atoms with Gasteiger partial charge in [-0.15, -0.1) is 10.3 Å². The molecule has 1 N–H and O–H groups in total. The zero-order valence-electron chi connectivity index (χ0n) is 17.5. The second kappa shape index (κ2) is 7.41. The molecule has 1 aliphatic rings. The number of hydrogen-bond acceptors (Lipinski definition) is 4. The Morgan fingerprint density at radius 1 is 0.964 bits per heavy atom. The SMILES string of the molecule is CN(C)c1ccc(/C=C/c2ccc(NC3=CC(C)(C)N([O])C3(C)C)nc2)cc1. The molecule has 0 bridgehead atoms. The summed E-state index contributed by atoms with van der Waals surface area (Å²) in [7, 11) is 4.06. The standard InChI is InChI=1S/C23H29N4O/c1-22(2)15-20(23(3,4)27(22)28)25-21-14-11-18(16-24-21)8-7-17-9-12-19(13-10-17)26(5)6/h7-16H,1-6H3,(H,24,25)/b8-7+. The average Bonchev–Trinajstić information content (AvgIpc) is 2.80. The van der Waals surface area contributed by atoms with Gasteiger partial charge in [-0.05, 0) is 69.2 Å². The van der Waals surface area contributed by atoms with E-state index >= 15 is 0 Å². The first-order chi connectivity index (χ1) is 13.1. The third-order valence-electron chi connectivity index (χ3n) is 5.11. The van der Waals surface area contributed by atoms with Crippen molar-refractivity contribution >= 4 is 23.7 Å². The Balaban J connectivity index is 1.69. The van der Waals surface area contributed by atoms with E-state index in [0.29, 0.717) is 0 Å². The predicted molar refractivity (Wildman–Crippen MR) is 116 cm³/mol. The van der Waals surface area contributed by atoms with Crippen LogP contribution >= 0.6 is 0 Å². The van der Waals surface area contributed by atoms with E-state index in [4.69, 9.17) is 0 Å². The highest BCUT2D eigenvalue weighted by molar-refractivity contribution is 5.70. The lowest BCUT2D eigenvalue weighted by Crippen LogP contribution is -2.47. The summed E-state index contributed by atoms with van der Waals surface area (Å²) < 4.78 is 0. The van der Waals surface area contributed by atoms with Crippen LogP contribution in [0.15, 0.2) is 54.4 Å². The van der Waals surface area contributed by atoms with Gasteiger partial charge in [0.25, 0.3) is 0 Å². The molecular weight excluding hydrogens is 348 g/mol. The molecule has 0 unspecified atom stereocenters. The molecule has 0 spiro atoms. The van der Waals surface area contributed by atoms with Crippen LogP contribution in [0.1, 0.15) is 38.8 Å². The van der Waals surface area contributed by atoms with Crippen molar-refractivity contribution in [2.45, 2.75) is 38.8 Å². The quantitative estimate of drug-likeness (QED) is 0.811. The van der Waals surface area contributed by atoms with E-state index in [2.05, 4.69) is 45.5 Å². The van der Waals surface area contributed by atoms with Crippen molar-refractivity contribution in [2.75, 3.05) is 24.3 Å². The largest absolute Gasteiger partial charge is 0.378 e. The monoisotopic (exact) mass is 377 g/mol. The van der Waals surface area contributed by atoms with E-state index in [-0.39, 0.29) is 0 Å². The van der Waals surface area contributed by atoms with Gasteiger partial charge in [-0.25, -0.2) is 4.98 Å². The Morgan fingerprint density at radius 2 is 1.57 bits per heavy atom. The zero-order valence-corrected chi connectivity index (χ0v) is 17.5. The van der Waals surface area contributed by atoms with Crippen molar-refractivity contribution < 1.29 is 5.21 Å². The maximum atomic E-state index is 12.5. The van der Waals surface area contributed by atoms with Crippen molar-refractivity contribution in [3.05, 3.63) is 65.5 Å². The minimum atomic E-state index is -0.609. The van der Waals surface area contributed by atoms with Crippen molar-refractivity contribution in [3.8, 4) is 0 Å². The summed E-state index contributed by atoms with van der Waals surface area (Å²) in [4.78, 5) is 6.58. The average molecular weight is 378 g/mol. The van der Waals surface area contributed by atoms with Crippen molar-refractivity contribution in [1.82, 2.24) is 10.0 Å². The molecule has 2 heterocycles. The van der Waals surface area contributed by atoms with Gasteiger partial charge in [0.15, 0.2) is 0 Å². The molecule has 0 aliphatic carbocycles. The second-order valence-corrected chi connectivity index (χ2v) is 8.49. The Bertz CT molecular complexity index is 878. The fourth-order valence-electron chi connectivity index (χ4n) is 3.40. The van der Waals surface area contributed by atoms with E-state index in [0.717, 1.165) is 27.7 Å². The van der Waals surface area contributed by atoms with Crippen molar-refractivity contribution in [3.63, 3.8) is 0 Å². The maximum Gasteiger partial charge on any atom is 0.130 e. The van der Waals surface area contributed by atoms with Gasteiger partial charge in [0.05, 0.1) is 11.1 Å². The summed E-state index contributed by atoms with van der Waals surface area (Å²) in [6, 6.07) is 12.3. The number of hydroxylamine groups is 2. The molecule has 28 heavy (non-hydrogen) atoms. The highest BCUT2D eigenvalue weighted by Gasteiger charge is 2.46. The first-order valence-electron chi connectivity index (χ1n) is 9.49. The summed E-state index contributed by atoms with van der Waals surface area (Å²) in [5.74, 6) is 0.734. The summed E-state index contributed by atoms with van der Waals surface area (Å²) >= 11 is 0. The van der Waals surface area contributed by atoms with Crippen LogP contribution in [0.5, 0.6) is 0 Å². The Labute approximate surface area is 168 Å². The summed E-state index contributed by atoms with van der Waals surface area (Å²) in [6.45, 7) is 7.68. The van der Waals surface area contributed by atoms with Gasteiger partial charge in [-0.3, -0.25) is 0 Å². The van der Waals surface area contributed by atoms with Gasteiger partial charge in [-0.2, -0.15) is 0 Å². The summed E-state index contributed by atoms with van der Waals surface area (Å²) in [5, 5.41) is 16.9. The smallest absolute Gasteiger partial charge is 0.130 e. The molecule has 2 aromatic rings. The van der Waals surface area contributed by atoms with Crippen LogP contribution in [0.25, 0.3) is 12.2 Å². The third-order valence-corrected chi connectivity index (χ3v) is 5.11. The van der Waals surface area contributed by atoms with E-state index in [1.165, 1.54) is 5.69 Å². The molecule has 1 radical (unpaired) electrons. The Hall–Kier alpha value is -2.63. The van der Waals surface area contributed by atoms with Crippen LogP contribution in [0, 0.1) is 0 Å². The van der Waals surface area contributed by atoms with Gasteiger partial charge in [0, 0.05) is 31.7 Å². The van der Waals surface area contributed by atoms with E-state index in [9.17, 15) is 5.21 Å². The normalized spacial score (nSPS) is 18.3. The maximum absolute atomic E-state index is 12.5. The highest BCUT2D eigenvalue weighted by Crippen LogP contribution is 2.38. The van der Waals surface area contributed by atoms with Crippen LogP contribution in [-0.4, -0.2) is 35.2 Å². The molecular formula is C23H29N4O. The first-order valence-corrected chi connectivity index (χ1v) is 9.49. The fraction of sp³-hybridized carbons (Fsp3) is 0.348. The molecule has 0 saturated heterocycles. The second-order valence-electron chi connectivity index (χ2n) is 8.49. The minimum Gasteiger partial charge on any atom is -0.378 e. The number of hydrogen-bond donors (Lipinski definition) is 1. The minimum absolute atomic E-state index is 0.531. The summed E-state index contributed by atoms with van der Waals surface area (Å²) in [5.41, 5.74) is 3.08. The molecule has 0 atom stereocenters. The fourth-order valence-corrected chi connectivity index (χ4v) is 3.40. The van der Waals surface area contributed by atoms with Gasteiger partial charge in [-0.1, -0.05) is 24.3 Å². The number of pyridine rings is 1. The Kier molecular flexibility index (Phi) is 5.33. The molecule has 5 nitrogen and oxygen atoms in total. The van der Waals surface area contributed by atoms with Crippen LogP contribution in [-0.2, 0) is 5.21 Å². The molecule has 0 amide bonds. The van der Waals surface area contributed by atoms with Crippen molar-refractivity contribution in [1.29, 1.82) is 0 Å². The topological polar surface area (TPSA) is 51.3 Å². The third kappa shape index (κ3) is 4.11. The summed E-state index contributed by atoms with van der Waals surface area (Å²) in [6.07, 6.45) is 7.93. The van der Waals surface area contributed by atoms with E-state index < -0.39 is 11.1 Å². The van der Waals surface area contributed by atoms with Crippen LogP contribution in [0.4, 0.5) is 11.5 Å². The van der Waals surface area contributed by atoms with Gasteiger partial charge < -0.3 is 10.2 Å². The number of nitrogens with zero attached hydrogens (tertiary/aromatic N) is 3. The lowest BCUT2D eigenvalue weighted by Gasteiger charge is -2.33. The lowest BCUT2D eigenvalue weighted by atomic mass is 10.0. The number of benzene rings is 1. The van der Waals surface area contributed by atoms with E-state index in [1.54, 1.807) is 0 Å². The zero-order chi connectivity index (χ0) is 20.5. The first kappa shape index (κ1) is 20.1. The number of rotatable bonds is 5. The predicted octanol–water partition coefficient (Wildman–Crippen LogP) is 4.83. The molecule has 5 heteroatoms.